The van der Waals surface area contributed by atoms with Crippen molar-refractivity contribution in [3.8, 4) is 0 Å². The molecule has 0 aliphatic carbocycles. The Labute approximate surface area is 125 Å². The van der Waals surface area contributed by atoms with Crippen molar-refractivity contribution >= 4 is 18.3 Å². The first kappa shape index (κ1) is 17.7. The van der Waals surface area contributed by atoms with Crippen LogP contribution in [0.25, 0.3) is 0 Å². The Hall–Kier alpha value is -1.34. The molecule has 1 aliphatic heterocycles. The molecule has 0 bridgehead atoms. The summed E-state index contributed by atoms with van der Waals surface area (Å²) in [7, 11) is 0. The van der Waals surface area contributed by atoms with Crippen molar-refractivity contribution < 1.29 is 22.4 Å². The van der Waals surface area contributed by atoms with Crippen LogP contribution in [0.3, 0.4) is 0 Å². The first-order valence-corrected chi connectivity index (χ1v) is 6.27. The van der Waals surface area contributed by atoms with Gasteiger partial charge in [-0.15, -0.1) is 12.4 Å². The highest BCUT2D eigenvalue weighted by molar-refractivity contribution is 5.94. The smallest absolute Gasteiger partial charge is 0.349 e. The molecule has 1 heterocycles. The summed E-state index contributed by atoms with van der Waals surface area (Å²) in [6.45, 7) is 1.44. The molecule has 0 saturated carbocycles. The van der Waals surface area contributed by atoms with Gasteiger partial charge in [0.15, 0.2) is 0 Å². The summed E-state index contributed by atoms with van der Waals surface area (Å²) in [5.41, 5.74) is -1.99. The van der Waals surface area contributed by atoms with Crippen LogP contribution < -0.4 is 10.6 Å². The van der Waals surface area contributed by atoms with Crippen molar-refractivity contribution in [1.82, 2.24) is 10.6 Å². The van der Waals surface area contributed by atoms with E-state index in [9.17, 15) is 22.4 Å². The van der Waals surface area contributed by atoms with Crippen LogP contribution >= 0.6 is 12.4 Å². The molecule has 8 heteroatoms. The van der Waals surface area contributed by atoms with Gasteiger partial charge in [0.1, 0.15) is 5.82 Å². The number of nitrogens with one attached hydrogen (secondary N) is 2. The zero-order valence-electron chi connectivity index (χ0n) is 11.0. The molecule has 118 valence electrons. The van der Waals surface area contributed by atoms with E-state index in [-0.39, 0.29) is 18.4 Å². The Kier molecular flexibility index (Phi) is 5.98. The molecule has 1 aromatic carbocycles. The highest BCUT2D eigenvalue weighted by Crippen LogP contribution is 2.32. The molecule has 1 amide bonds. The Morgan fingerprint density at radius 3 is 2.43 bits per heavy atom. The van der Waals surface area contributed by atoms with E-state index < -0.39 is 29.0 Å². The number of piperidine rings is 1. The molecule has 21 heavy (non-hydrogen) atoms. The summed E-state index contributed by atoms with van der Waals surface area (Å²) in [6.07, 6.45) is -3.46. The topological polar surface area (TPSA) is 41.1 Å². The number of hydrogen-bond acceptors (Lipinski definition) is 2. The third kappa shape index (κ3) is 4.31. The number of carbonyl (C=O) groups is 1. The lowest BCUT2D eigenvalue weighted by Gasteiger charge is -2.24. The fourth-order valence-corrected chi connectivity index (χ4v) is 2.16. The predicted octanol–water partition coefficient (Wildman–Crippen LogP) is 2.75. The first-order valence-electron chi connectivity index (χ1n) is 6.27. The Balaban J connectivity index is 0.00000220. The Morgan fingerprint density at radius 1 is 1.24 bits per heavy atom. The van der Waals surface area contributed by atoms with Gasteiger partial charge in [-0.3, -0.25) is 4.79 Å². The lowest BCUT2D eigenvalue weighted by Crippen LogP contribution is -2.43. The van der Waals surface area contributed by atoms with Crippen molar-refractivity contribution in [2.45, 2.75) is 25.1 Å². The second kappa shape index (κ2) is 7.09. The molecule has 0 aromatic heterocycles. The van der Waals surface area contributed by atoms with Gasteiger partial charge in [-0.2, -0.15) is 13.2 Å². The molecule has 0 atom stereocenters. The standard InChI is InChI=1S/C13H14F4N2O.ClH/c14-11-9(2-1-3-10(11)13(15,16)17)12(20)19-8-4-6-18-7-5-8;/h1-3,8,18H,4-7H2,(H,19,20);1H. The van der Waals surface area contributed by atoms with E-state index in [1.165, 1.54) is 0 Å². The second-order valence-electron chi connectivity index (χ2n) is 4.66. The van der Waals surface area contributed by atoms with Crippen LogP contribution in [0.4, 0.5) is 17.6 Å². The third-order valence-corrected chi connectivity index (χ3v) is 3.22. The van der Waals surface area contributed by atoms with Crippen LogP contribution in [-0.2, 0) is 6.18 Å². The minimum Gasteiger partial charge on any atom is -0.349 e. The average Bonchev–Trinajstić information content (AvgIpc) is 2.38. The Bertz CT molecular complexity index is 501. The van der Waals surface area contributed by atoms with Gasteiger partial charge in [-0.1, -0.05) is 6.07 Å². The van der Waals surface area contributed by atoms with Crippen molar-refractivity contribution in [2.24, 2.45) is 0 Å². The summed E-state index contributed by atoms with van der Waals surface area (Å²) >= 11 is 0. The largest absolute Gasteiger partial charge is 0.419 e. The maximum Gasteiger partial charge on any atom is 0.419 e. The third-order valence-electron chi connectivity index (χ3n) is 3.22. The fraction of sp³-hybridized carbons (Fsp3) is 0.462. The number of amides is 1. The average molecular weight is 327 g/mol. The van der Waals surface area contributed by atoms with Crippen molar-refractivity contribution in [3.05, 3.63) is 35.1 Å². The second-order valence-corrected chi connectivity index (χ2v) is 4.66. The summed E-state index contributed by atoms with van der Waals surface area (Å²) in [5, 5.41) is 5.66. The highest BCUT2D eigenvalue weighted by Gasteiger charge is 2.35. The molecule has 3 nitrogen and oxygen atoms in total. The maximum atomic E-state index is 13.8. The summed E-state index contributed by atoms with van der Waals surface area (Å²) in [6, 6.07) is 2.57. The normalized spacial score (nSPS) is 16.2. The maximum absolute atomic E-state index is 13.8. The van der Waals surface area contributed by atoms with Gasteiger partial charge >= 0.3 is 6.18 Å². The van der Waals surface area contributed by atoms with Crippen LogP contribution in [0.1, 0.15) is 28.8 Å². The quantitative estimate of drug-likeness (QED) is 0.821. The monoisotopic (exact) mass is 326 g/mol. The lowest BCUT2D eigenvalue weighted by atomic mass is 10.0. The molecule has 2 rings (SSSR count). The number of hydrogen-bond donors (Lipinski definition) is 2. The van der Waals surface area contributed by atoms with Crippen LogP contribution in [0.15, 0.2) is 18.2 Å². The number of carbonyl (C=O) groups excluding carboxylic acids is 1. The molecule has 0 radical (unpaired) electrons. The molecular formula is C13H15ClF4N2O. The van der Waals surface area contributed by atoms with Gasteiger partial charge in [0.05, 0.1) is 11.1 Å². The molecule has 1 aliphatic rings. The van der Waals surface area contributed by atoms with Gasteiger partial charge in [0.2, 0.25) is 0 Å². The summed E-state index contributed by atoms with van der Waals surface area (Å²) < 4.78 is 51.5. The van der Waals surface area contributed by atoms with E-state index in [0.717, 1.165) is 25.2 Å². The molecular weight excluding hydrogens is 312 g/mol. The minimum absolute atomic E-state index is 0. The number of benzene rings is 1. The molecule has 0 unspecified atom stereocenters. The van der Waals surface area contributed by atoms with E-state index in [1.807, 2.05) is 0 Å². The Morgan fingerprint density at radius 2 is 1.86 bits per heavy atom. The number of halogens is 5. The predicted molar refractivity (Wildman–Crippen MR) is 72.0 cm³/mol. The van der Waals surface area contributed by atoms with Gasteiger partial charge < -0.3 is 10.6 Å². The first-order chi connectivity index (χ1) is 9.39. The SMILES string of the molecule is Cl.O=C(NC1CCNCC1)c1cccc(C(F)(F)F)c1F. The zero-order chi connectivity index (χ0) is 14.8. The van der Waals surface area contributed by atoms with E-state index in [1.54, 1.807) is 0 Å². The number of rotatable bonds is 2. The molecule has 2 N–H and O–H groups in total. The van der Waals surface area contributed by atoms with Crippen LogP contribution in [-0.4, -0.2) is 25.0 Å². The fourth-order valence-electron chi connectivity index (χ4n) is 2.16. The van der Waals surface area contributed by atoms with Crippen molar-refractivity contribution in [2.75, 3.05) is 13.1 Å². The minimum atomic E-state index is -4.81. The van der Waals surface area contributed by atoms with E-state index >= 15 is 0 Å². The number of alkyl halides is 3. The van der Waals surface area contributed by atoms with Gasteiger partial charge in [-0.25, -0.2) is 4.39 Å². The van der Waals surface area contributed by atoms with Crippen LogP contribution in [0.5, 0.6) is 0 Å². The van der Waals surface area contributed by atoms with Crippen LogP contribution in [0.2, 0.25) is 0 Å². The van der Waals surface area contributed by atoms with Gasteiger partial charge in [0, 0.05) is 6.04 Å². The van der Waals surface area contributed by atoms with E-state index in [4.69, 9.17) is 0 Å². The molecule has 1 aromatic rings. The summed E-state index contributed by atoms with van der Waals surface area (Å²) in [4.78, 5) is 11.9. The molecule has 0 spiro atoms. The van der Waals surface area contributed by atoms with E-state index in [0.29, 0.717) is 18.9 Å². The van der Waals surface area contributed by atoms with Crippen molar-refractivity contribution in [3.63, 3.8) is 0 Å². The molecule has 1 fully saturated rings. The zero-order valence-corrected chi connectivity index (χ0v) is 11.8. The summed E-state index contributed by atoms with van der Waals surface area (Å²) in [5.74, 6) is -2.33. The van der Waals surface area contributed by atoms with Gasteiger partial charge in [-0.05, 0) is 38.1 Å². The van der Waals surface area contributed by atoms with Crippen molar-refractivity contribution in [1.29, 1.82) is 0 Å². The molecule has 1 saturated heterocycles. The van der Waals surface area contributed by atoms with Gasteiger partial charge in [0.25, 0.3) is 5.91 Å². The highest BCUT2D eigenvalue weighted by atomic mass is 35.5. The van der Waals surface area contributed by atoms with E-state index in [2.05, 4.69) is 10.6 Å². The lowest BCUT2D eigenvalue weighted by molar-refractivity contribution is -0.140. The van der Waals surface area contributed by atoms with Crippen LogP contribution in [0, 0.1) is 5.82 Å².